The van der Waals surface area contributed by atoms with Crippen molar-refractivity contribution in [1.29, 1.82) is 5.26 Å². The Kier molecular flexibility index (Phi) is 3.33. The van der Waals surface area contributed by atoms with E-state index >= 15 is 0 Å². The number of nitrogens with two attached hydrogens (primary N) is 1. The van der Waals surface area contributed by atoms with Gasteiger partial charge in [-0.2, -0.15) is 18.4 Å². The summed E-state index contributed by atoms with van der Waals surface area (Å²) in [5, 5.41) is 8.82. The van der Waals surface area contributed by atoms with E-state index in [9.17, 15) is 13.2 Å². The van der Waals surface area contributed by atoms with Crippen LogP contribution < -0.4 is 10.6 Å². The van der Waals surface area contributed by atoms with Gasteiger partial charge in [0.2, 0.25) is 0 Å². The number of nitrogens with zero attached hydrogens (tertiary/aromatic N) is 2. The van der Waals surface area contributed by atoms with Gasteiger partial charge in [-0.05, 0) is 42.9 Å². The second kappa shape index (κ2) is 4.92. The second-order valence-corrected chi connectivity index (χ2v) is 5.91. The molecule has 1 saturated carbocycles. The van der Waals surface area contributed by atoms with Gasteiger partial charge in [-0.25, -0.2) is 0 Å². The van der Waals surface area contributed by atoms with Crippen LogP contribution in [0.25, 0.3) is 0 Å². The van der Waals surface area contributed by atoms with Crippen LogP contribution in [-0.4, -0.2) is 19.1 Å². The van der Waals surface area contributed by atoms with Crippen molar-refractivity contribution in [2.45, 2.75) is 25.1 Å². The average Bonchev–Trinajstić information content (AvgIpc) is 3.00. The Hall–Kier alpha value is -1.74. The molecule has 0 amide bonds. The van der Waals surface area contributed by atoms with Crippen molar-refractivity contribution in [2.24, 2.45) is 17.6 Å². The van der Waals surface area contributed by atoms with E-state index in [2.05, 4.69) is 0 Å². The molecule has 2 fully saturated rings. The molecule has 0 bridgehead atoms. The molecule has 3 atom stereocenters. The first-order valence-corrected chi connectivity index (χ1v) is 7.02. The average molecular weight is 295 g/mol. The summed E-state index contributed by atoms with van der Waals surface area (Å²) in [6, 6.07) is 5.70. The number of rotatable bonds is 1. The standard InChI is InChI=1S/C15H16F3N3/c16-15(17,18)13-5-11(3-1-9(13)6-19)21-7-10-2-4-14(20)12(10)8-21/h1,3,5,10,12,14H,2,4,7-8,20H2. The molecule has 2 aliphatic rings. The van der Waals surface area contributed by atoms with Crippen LogP contribution in [-0.2, 0) is 6.18 Å². The lowest BCUT2D eigenvalue weighted by Crippen LogP contribution is -2.30. The summed E-state index contributed by atoms with van der Waals surface area (Å²) in [7, 11) is 0. The number of nitriles is 1. The van der Waals surface area contributed by atoms with Crippen LogP contribution in [0.5, 0.6) is 0 Å². The third-order valence-electron chi connectivity index (χ3n) is 4.71. The Morgan fingerprint density at radius 1 is 1.24 bits per heavy atom. The van der Waals surface area contributed by atoms with Crippen molar-refractivity contribution in [2.75, 3.05) is 18.0 Å². The van der Waals surface area contributed by atoms with Crippen molar-refractivity contribution in [1.82, 2.24) is 0 Å². The van der Waals surface area contributed by atoms with Gasteiger partial charge >= 0.3 is 6.18 Å². The minimum Gasteiger partial charge on any atom is -0.371 e. The van der Waals surface area contributed by atoms with Crippen LogP contribution >= 0.6 is 0 Å². The molecule has 1 saturated heterocycles. The molecule has 0 spiro atoms. The zero-order valence-corrected chi connectivity index (χ0v) is 11.4. The van der Waals surface area contributed by atoms with Crippen molar-refractivity contribution >= 4 is 5.69 Å². The predicted octanol–water partition coefficient (Wildman–Crippen LogP) is 2.75. The highest BCUT2D eigenvalue weighted by molar-refractivity contribution is 5.55. The highest BCUT2D eigenvalue weighted by Gasteiger charge is 2.41. The van der Waals surface area contributed by atoms with Crippen LogP contribution in [0, 0.1) is 23.2 Å². The summed E-state index contributed by atoms with van der Waals surface area (Å²) in [6.45, 7) is 1.45. The van der Waals surface area contributed by atoms with Crippen molar-refractivity contribution in [3.8, 4) is 6.07 Å². The Balaban J connectivity index is 1.89. The number of halogens is 3. The number of hydrogen-bond acceptors (Lipinski definition) is 3. The van der Waals surface area contributed by atoms with Gasteiger partial charge in [-0.15, -0.1) is 0 Å². The largest absolute Gasteiger partial charge is 0.417 e. The van der Waals surface area contributed by atoms with Gasteiger partial charge in [-0.1, -0.05) is 0 Å². The van der Waals surface area contributed by atoms with Gasteiger partial charge in [-0.3, -0.25) is 0 Å². The summed E-state index contributed by atoms with van der Waals surface area (Å²) in [5.41, 5.74) is 5.40. The molecule has 3 unspecified atom stereocenters. The molecular formula is C15H16F3N3. The lowest BCUT2D eigenvalue weighted by atomic mass is 9.98. The smallest absolute Gasteiger partial charge is 0.371 e. The monoisotopic (exact) mass is 295 g/mol. The van der Waals surface area contributed by atoms with E-state index in [0.29, 0.717) is 24.1 Å². The van der Waals surface area contributed by atoms with Crippen LogP contribution in [0.3, 0.4) is 0 Å². The van der Waals surface area contributed by atoms with Gasteiger partial charge < -0.3 is 10.6 Å². The zero-order chi connectivity index (χ0) is 15.2. The molecule has 1 heterocycles. The fourth-order valence-electron chi connectivity index (χ4n) is 3.58. The number of hydrogen-bond donors (Lipinski definition) is 1. The highest BCUT2D eigenvalue weighted by Crippen LogP contribution is 2.40. The Labute approximate surface area is 121 Å². The van der Waals surface area contributed by atoms with Gasteiger partial charge in [0.05, 0.1) is 17.2 Å². The minimum atomic E-state index is -4.51. The van der Waals surface area contributed by atoms with Gasteiger partial charge in [0.15, 0.2) is 0 Å². The molecular weight excluding hydrogens is 279 g/mol. The van der Waals surface area contributed by atoms with Gasteiger partial charge in [0, 0.05) is 24.8 Å². The van der Waals surface area contributed by atoms with Crippen LogP contribution in [0.1, 0.15) is 24.0 Å². The topological polar surface area (TPSA) is 53.0 Å². The van der Waals surface area contributed by atoms with Crippen molar-refractivity contribution in [3.63, 3.8) is 0 Å². The van der Waals surface area contributed by atoms with E-state index in [0.717, 1.165) is 25.5 Å². The first kappa shape index (κ1) is 14.2. The minimum absolute atomic E-state index is 0.153. The van der Waals surface area contributed by atoms with Crippen LogP contribution in [0.2, 0.25) is 0 Å². The van der Waals surface area contributed by atoms with E-state index in [1.807, 2.05) is 4.90 Å². The normalized spacial score (nSPS) is 28.5. The molecule has 1 aromatic rings. The van der Waals surface area contributed by atoms with E-state index in [1.165, 1.54) is 6.07 Å². The maximum Gasteiger partial charge on any atom is 0.417 e. The Morgan fingerprint density at radius 3 is 2.62 bits per heavy atom. The molecule has 6 heteroatoms. The summed E-state index contributed by atoms with van der Waals surface area (Å²) in [6.07, 6.45) is -2.46. The third kappa shape index (κ3) is 2.46. The Morgan fingerprint density at radius 2 is 2.00 bits per heavy atom. The zero-order valence-electron chi connectivity index (χ0n) is 11.4. The summed E-state index contributed by atoms with van der Waals surface area (Å²) < 4.78 is 39.0. The lowest BCUT2D eigenvalue weighted by molar-refractivity contribution is -0.137. The lowest BCUT2D eigenvalue weighted by Gasteiger charge is -2.22. The Bertz CT molecular complexity index is 591. The molecule has 112 valence electrons. The number of benzene rings is 1. The van der Waals surface area contributed by atoms with Gasteiger partial charge in [0.1, 0.15) is 0 Å². The van der Waals surface area contributed by atoms with E-state index in [1.54, 1.807) is 12.1 Å². The molecule has 0 aromatic heterocycles. The van der Waals surface area contributed by atoms with E-state index in [4.69, 9.17) is 11.0 Å². The summed E-state index contributed by atoms with van der Waals surface area (Å²) >= 11 is 0. The molecule has 1 aliphatic heterocycles. The molecule has 3 rings (SSSR count). The first-order chi connectivity index (χ1) is 9.90. The molecule has 1 aliphatic carbocycles. The van der Waals surface area contributed by atoms with Crippen molar-refractivity contribution < 1.29 is 13.2 Å². The molecule has 3 nitrogen and oxygen atoms in total. The fraction of sp³-hybridized carbons (Fsp3) is 0.533. The molecule has 0 radical (unpaired) electrons. The maximum atomic E-state index is 13.0. The SMILES string of the molecule is N#Cc1ccc(N2CC3CCC(N)C3C2)cc1C(F)(F)F. The number of fused-ring (bicyclic) bond motifs is 1. The summed E-state index contributed by atoms with van der Waals surface area (Å²) in [4.78, 5) is 1.96. The van der Waals surface area contributed by atoms with Crippen LogP contribution in [0.4, 0.5) is 18.9 Å². The van der Waals surface area contributed by atoms with Gasteiger partial charge in [0.25, 0.3) is 0 Å². The second-order valence-electron chi connectivity index (χ2n) is 5.91. The quantitative estimate of drug-likeness (QED) is 0.866. The first-order valence-electron chi connectivity index (χ1n) is 7.02. The van der Waals surface area contributed by atoms with E-state index in [-0.39, 0.29) is 11.6 Å². The molecule has 21 heavy (non-hydrogen) atoms. The van der Waals surface area contributed by atoms with Crippen molar-refractivity contribution in [3.05, 3.63) is 29.3 Å². The predicted molar refractivity (Wildman–Crippen MR) is 72.6 cm³/mol. The van der Waals surface area contributed by atoms with Crippen LogP contribution in [0.15, 0.2) is 18.2 Å². The number of anilines is 1. The molecule has 2 N–H and O–H groups in total. The third-order valence-corrected chi connectivity index (χ3v) is 4.71. The number of alkyl halides is 3. The molecule has 1 aromatic carbocycles. The van der Waals surface area contributed by atoms with E-state index < -0.39 is 11.7 Å². The maximum absolute atomic E-state index is 13.0. The fourth-order valence-corrected chi connectivity index (χ4v) is 3.58. The highest BCUT2D eigenvalue weighted by atomic mass is 19.4. The summed E-state index contributed by atoms with van der Waals surface area (Å²) in [5.74, 6) is 0.847.